The van der Waals surface area contributed by atoms with Crippen LogP contribution in [0.3, 0.4) is 0 Å². The van der Waals surface area contributed by atoms with Gasteiger partial charge in [0.2, 0.25) is 0 Å². The lowest BCUT2D eigenvalue weighted by molar-refractivity contribution is 0.184. The molecule has 2 atom stereocenters. The highest BCUT2D eigenvalue weighted by molar-refractivity contribution is 7.80. The number of pyridine rings is 1. The summed E-state index contributed by atoms with van der Waals surface area (Å²) < 4.78 is 7.42. The first-order valence-electron chi connectivity index (χ1n) is 7.30. The molecule has 1 aliphatic rings. The van der Waals surface area contributed by atoms with Crippen molar-refractivity contribution in [2.24, 2.45) is 0 Å². The molecule has 0 aromatic carbocycles. The van der Waals surface area contributed by atoms with Gasteiger partial charge in [0.25, 0.3) is 0 Å². The number of rotatable bonds is 5. The van der Waals surface area contributed by atoms with Crippen LogP contribution in [0.25, 0.3) is 0 Å². The molecule has 1 saturated heterocycles. The Hall–Kier alpha value is -1.92. The highest BCUT2D eigenvalue weighted by Crippen LogP contribution is 2.37. The largest absolute Gasteiger partial charge is 0.383 e. The van der Waals surface area contributed by atoms with Crippen molar-refractivity contribution in [1.29, 1.82) is 0 Å². The molecule has 3 rings (SSSR count). The fourth-order valence-electron chi connectivity index (χ4n) is 2.92. The summed E-state index contributed by atoms with van der Waals surface area (Å²) in [5.41, 5.74) is 2.21. The number of nitrogens with one attached hydrogen (secondary N) is 1. The lowest BCUT2D eigenvalue weighted by Gasteiger charge is -2.25. The molecular formula is C16H20N4OS. The van der Waals surface area contributed by atoms with Gasteiger partial charge in [0.05, 0.1) is 24.4 Å². The van der Waals surface area contributed by atoms with Gasteiger partial charge in [-0.15, -0.1) is 0 Å². The standard InChI is InChI=1S/C16H20N4OS/c1-19-15(13-7-5-9-20(13)10-11-21-2)14(18-16(19)22)12-6-3-4-8-17-12/h3-9,14-15H,10-11H2,1-2H3,(H,18,22). The van der Waals surface area contributed by atoms with Crippen LogP contribution in [0.4, 0.5) is 0 Å². The smallest absolute Gasteiger partial charge is 0.169 e. The maximum atomic E-state index is 5.45. The lowest BCUT2D eigenvalue weighted by Crippen LogP contribution is -2.26. The highest BCUT2D eigenvalue weighted by atomic mass is 32.1. The fourth-order valence-corrected chi connectivity index (χ4v) is 3.16. The average Bonchev–Trinajstić information content (AvgIpc) is 3.11. The van der Waals surface area contributed by atoms with Gasteiger partial charge in [-0.25, -0.2) is 0 Å². The van der Waals surface area contributed by atoms with Crippen molar-refractivity contribution in [3.05, 3.63) is 54.1 Å². The summed E-state index contributed by atoms with van der Waals surface area (Å²) in [6.45, 7) is 1.51. The van der Waals surface area contributed by atoms with Crippen molar-refractivity contribution in [3.8, 4) is 0 Å². The first kappa shape index (κ1) is 15.0. The minimum absolute atomic E-state index is 0.0508. The minimum atomic E-state index is 0.0508. The first-order valence-corrected chi connectivity index (χ1v) is 7.71. The van der Waals surface area contributed by atoms with Gasteiger partial charge in [0, 0.05) is 38.8 Å². The zero-order valence-corrected chi connectivity index (χ0v) is 13.6. The van der Waals surface area contributed by atoms with Crippen molar-refractivity contribution in [3.63, 3.8) is 0 Å². The predicted molar refractivity (Wildman–Crippen MR) is 89.5 cm³/mol. The van der Waals surface area contributed by atoms with E-state index in [9.17, 15) is 0 Å². The molecule has 0 aliphatic carbocycles. The van der Waals surface area contributed by atoms with Crippen molar-refractivity contribution >= 4 is 17.3 Å². The molecule has 0 radical (unpaired) electrons. The number of hydrogen-bond donors (Lipinski definition) is 1. The number of likely N-dealkylation sites (N-methyl/N-ethyl adjacent to an activating group) is 1. The van der Waals surface area contributed by atoms with Gasteiger partial charge in [0.15, 0.2) is 5.11 Å². The Kier molecular flexibility index (Phi) is 4.40. The molecule has 116 valence electrons. The monoisotopic (exact) mass is 316 g/mol. The second-order valence-electron chi connectivity index (χ2n) is 5.36. The van der Waals surface area contributed by atoms with Crippen LogP contribution < -0.4 is 5.32 Å². The highest BCUT2D eigenvalue weighted by Gasteiger charge is 2.38. The Morgan fingerprint density at radius 3 is 2.91 bits per heavy atom. The van der Waals surface area contributed by atoms with Crippen LogP contribution in [0.2, 0.25) is 0 Å². The summed E-state index contributed by atoms with van der Waals surface area (Å²) in [6.07, 6.45) is 3.90. The van der Waals surface area contributed by atoms with Crippen molar-refractivity contribution < 1.29 is 4.74 Å². The summed E-state index contributed by atoms with van der Waals surface area (Å²) in [7, 11) is 3.74. The maximum Gasteiger partial charge on any atom is 0.169 e. The maximum absolute atomic E-state index is 5.45. The number of hydrogen-bond acceptors (Lipinski definition) is 3. The van der Waals surface area contributed by atoms with Gasteiger partial charge >= 0.3 is 0 Å². The van der Waals surface area contributed by atoms with Gasteiger partial charge in [-0.3, -0.25) is 4.98 Å². The molecule has 1 fully saturated rings. The van der Waals surface area contributed by atoms with Gasteiger partial charge in [-0.05, 0) is 36.5 Å². The van der Waals surface area contributed by atoms with Gasteiger partial charge in [-0.2, -0.15) is 0 Å². The van der Waals surface area contributed by atoms with E-state index < -0.39 is 0 Å². The number of aromatic nitrogens is 2. The molecule has 2 aromatic heterocycles. The van der Waals surface area contributed by atoms with E-state index in [0.717, 1.165) is 17.4 Å². The summed E-state index contributed by atoms with van der Waals surface area (Å²) >= 11 is 5.45. The van der Waals surface area contributed by atoms with Crippen molar-refractivity contribution in [2.45, 2.75) is 18.6 Å². The fraction of sp³-hybridized carbons (Fsp3) is 0.375. The summed E-state index contributed by atoms with van der Waals surface area (Å²) in [6, 6.07) is 10.3. The third kappa shape index (κ3) is 2.71. The molecule has 0 bridgehead atoms. The topological polar surface area (TPSA) is 42.3 Å². The average molecular weight is 316 g/mol. The second-order valence-corrected chi connectivity index (χ2v) is 5.74. The molecule has 6 heteroatoms. The van der Waals surface area contributed by atoms with Crippen LogP contribution in [-0.4, -0.2) is 40.3 Å². The molecule has 0 spiro atoms. The summed E-state index contributed by atoms with van der Waals surface area (Å²) in [5.74, 6) is 0. The van der Waals surface area contributed by atoms with Crippen LogP contribution in [-0.2, 0) is 11.3 Å². The lowest BCUT2D eigenvalue weighted by atomic mass is 10.0. The summed E-state index contributed by atoms with van der Waals surface area (Å²) in [4.78, 5) is 6.60. The Bertz CT molecular complexity index is 643. The number of ether oxygens (including phenoxy) is 1. The summed E-state index contributed by atoms with van der Waals surface area (Å²) in [5, 5.41) is 4.14. The van der Waals surface area contributed by atoms with Gasteiger partial charge in [-0.1, -0.05) is 6.07 Å². The Morgan fingerprint density at radius 2 is 2.18 bits per heavy atom. The molecule has 5 nitrogen and oxygen atoms in total. The Morgan fingerprint density at radius 1 is 1.32 bits per heavy atom. The van der Waals surface area contributed by atoms with E-state index >= 15 is 0 Å². The van der Waals surface area contributed by atoms with Crippen LogP contribution in [0.5, 0.6) is 0 Å². The predicted octanol–water partition coefficient (Wildman–Crippen LogP) is 2.13. The third-order valence-corrected chi connectivity index (χ3v) is 4.45. The molecule has 0 saturated carbocycles. The molecule has 22 heavy (non-hydrogen) atoms. The number of nitrogens with zero attached hydrogens (tertiary/aromatic N) is 3. The van der Waals surface area contributed by atoms with E-state index in [2.05, 4.69) is 38.1 Å². The quantitative estimate of drug-likeness (QED) is 0.856. The van der Waals surface area contributed by atoms with Gasteiger partial charge in [0.1, 0.15) is 0 Å². The molecule has 2 aromatic rings. The Labute approximate surface area is 135 Å². The van der Waals surface area contributed by atoms with Gasteiger partial charge < -0.3 is 19.5 Å². The minimum Gasteiger partial charge on any atom is -0.383 e. The van der Waals surface area contributed by atoms with Crippen LogP contribution in [0.1, 0.15) is 23.5 Å². The van der Waals surface area contributed by atoms with Crippen molar-refractivity contribution in [1.82, 2.24) is 19.8 Å². The number of methoxy groups -OCH3 is 1. The molecule has 3 heterocycles. The van der Waals surface area contributed by atoms with Crippen LogP contribution in [0, 0.1) is 0 Å². The third-order valence-electron chi connectivity index (χ3n) is 4.04. The molecule has 2 unspecified atom stereocenters. The van der Waals surface area contributed by atoms with E-state index in [-0.39, 0.29) is 12.1 Å². The van der Waals surface area contributed by atoms with E-state index in [1.807, 2.05) is 31.4 Å². The van der Waals surface area contributed by atoms with E-state index in [1.54, 1.807) is 7.11 Å². The first-order chi connectivity index (χ1) is 10.7. The van der Waals surface area contributed by atoms with Crippen LogP contribution >= 0.6 is 12.2 Å². The molecule has 1 aliphatic heterocycles. The van der Waals surface area contributed by atoms with Crippen molar-refractivity contribution in [2.75, 3.05) is 20.8 Å². The van der Waals surface area contributed by atoms with E-state index in [4.69, 9.17) is 17.0 Å². The number of thiocarbonyl (C=S) groups is 1. The zero-order chi connectivity index (χ0) is 15.5. The van der Waals surface area contributed by atoms with E-state index in [1.165, 1.54) is 5.69 Å². The molecular weight excluding hydrogens is 296 g/mol. The van der Waals surface area contributed by atoms with E-state index in [0.29, 0.717) is 6.61 Å². The molecule has 1 N–H and O–H groups in total. The zero-order valence-electron chi connectivity index (χ0n) is 12.8. The SMILES string of the molecule is COCCn1cccc1C1C(c2ccccn2)NC(=S)N1C. The Balaban J connectivity index is 1.95. The van der Waals surface area contributed by atoms with Crippen LogP contribution in [0.15, 0.2) is 42.7 Å². The second kappa shape index (κ2) is 6.46. The molecule has 0 amide bonds. The normalized spacial score (nSPS) is 21.2.